The van der Waals surface area contributed by atoms with Crippen LogP contribution in [0.15, 0.2) is 35.3 Å². The third-order valence-electron chi connectivity index (χ3n) is 4.84. The predicted molar refractivity (Wildman–Crippen MR) is 130 cm³/mol. The molecule has 166 valence electrons. The molecule has 0 bridgehead atoms. The molecule has 1 aromatic carbocycles. The zero-order valence-electron chi connectivity index (χ0n) is 18.4. The van der Waals surface area contributed by atoms with Gasteiger partial charge in [-0.2, -0.15) is 0 Å². The number of morpholine rings is 1. The van der Waals surface area contributed by atoms with E-state index in [0.717, 1.165) is 61.9 Å². The van der Waals surface area contributed by atoms with Gasteiger partial charge in [-0.1, -0.05) is 18.2 Å². The van der Waals surface area contributed by atoms with Crippen LogP contribution in [0, 0.1) is 20.8 Å². The molecular weight excluding hydrogens is 410 g/mol. The van der Waals surface area contributed by atoms with Crippen LogP contribution in [0.2, 0.25) is 0 Å². The summed E-state index contributed by atoms with van der Waals surface area (Å²) in [5.41, 5.74) is 3.85. The van der Waals surface area contributed by atoms with Gasteiger partial charge in [0.1, 0.15) is 0 Å². The summed E-state index contributed by atoms with van der Waals surface area (Å²) in [6, 6.07) is 9.93. The lowest BCUT2D eigenvalue weighted by Gasteiger charge is -2.26. The van der Waals surface area contributed by atoms with Gasteiger partial charge in [0.15, 0.2) is 5.11 Å². The number of benzene rings is 1. The molecule has 2 heterocycles. The molecule has 31 heavy (non-hydrogen) atoms. The summed E-state index contributed by atoms with van der Waals surface area (Å²) in [6.45, 7) is 11.1. The van der Waals surface area contributed by atoms with Gasteiger partial charge in [-0.25, -0.2) is 9.97 Å². The summed E-state index contributed by atoms with van der Waals surface area (Å²) in [5.74, 6) is 1.02. The number of hydrogen-bond donors (Lipinski definition) is 3. The van der Waals surface area contributed by atoms with Gasteiger partial charge in [-0.15, -0.1) is 0 Å². The van der Waals surface area contributed by atoms with Gasteiger partial charge >= 0.3 is 0 Å². The van der Waals surface area contributed by atoms with Crippen LogP contribution in [-0.2, 0) is 4.74 Å². The number of para-hydroxylation sites is 1. The Morgan fingerprint density at radius 2 is 1.81 bits per heavy atom. The average molecular weight is 442 g/mol. The standard InChI is InChI=1S/C22H31N7OS/c1-16-7-4-5-8-19(16)26-22(31)28-20(27-21-24-17(2)15-18(3)25-21)23-9-6-10-29-11-13-30-14-12-29/h4-5,7-8,15H,6,9-14H2,1-3H3,(H3,23,24,25,26,27,28,31). The fourth-order valence-corrected chi connectivity index (χ4v) is 3.49. The van der Waals surface area contributed by atoms with E-state index in [4.69, 9.17) is 21.9 Å². The monoisotopic (exact) mass is 441 g/mol. The summed E-state index contributed by atoms with van der Waals surface area (Å²) < 4.78 is 5.41. The first-order valence-corrected chi connectivity index (χ1v) is 11.0. The third kappa shape index (κ3) is 7.86. The Kier molecular flexibility index (Phi) is 8.69. The van der Waals surface area contributed by atoms with Crippen molar-refractivity contribution in [3.8, 4) is 0 Å². The molecule has 2 aromatic rings. The lowest BCUT2D eigenvalue weighted by Crippen LogP contribution is -2.40. The highest BCUT2D eigenvalue weighted by atomic mass is 32.1. The first-order valence-electron chi connectivity index (χ1n) is 10.6. The third-order valence-corrected chi connectivity index (χ3v) is 5.05. The maximum Gasteiger partial charge on any atom is 0.229 e. The predicted octanol–water partition coefficient (Wildman–Crippen LogP) is 2.88. The molecule has 0 unspecified atom stereocenters. The molecule has 1 aromatic heterocycles. The molecule has 1 fully saturated rings. The molecule has 3 rings (SSSR count). The highest BCUT2D eigenvalue weighted by Crippen LogP contribution is 2.12. The molecule has 0 aliphatic carbocycles. The molecule has 0 atom stereocenters. The Morgan fingerprint density at radius 1 is 1.10 bits per heavy atom. The quantitative estimate of drug-likeness (QED) is 0.273. The minimum atomic E-state index is 0.457. The molecule has 1 saturated heterocycles. The topological polar surface area (TPSA) is 86.7 Å². The number of hydrogen-bond acceptors (Lipinski definition) is 6. The van der Waals surface area contributed by atoms with Gasteiger partial charge < -0.3 is 15.4 Å². The lowest BCUT2D eigenvalue weighted by molar-refractivity contribution is 0.0377. The van der Waals surface area contributed by atoms with E-state index in [1.807, 2.05) is 51.1 Å². The zero-order chi connectivity index (χ0) is 22.1. The van der Waals surface area contributed by atoms with Gasteiger partial charge in [0.2, 0.25) is 11.9 Å². The van der Waals surface area contributed by atoms with Crippen molar-refractivity contribution in [2.75, 3.05) is 50.0 Å². The van der Waals surface area contributed by atoms with Gasteiger partial charge in [0, 0.05) is 43.3 Å². The average Bonchev–Trinajstić information content (AvgIpc) is 2.73. The largest absolute Gasteiger partial charge is 0.379 e. The van der Waals surface area contributed by atoms with E-state index in [1.54, 1.807) is 0 Å². The second-order valence-corrected chi connectivity index (χ2v) is 7.94. The summed E-state index contributed by atoms with van der Waals surface area (Å²) in [6.07, 6.45) is 0.943. The van der Waals surface area contributed by atoms with E-state index in [1.165, 1.54) is 0 Å². The van der Waals surface area contributed by atoms with Gasteiger partial charge in [-0.3, -0.25) is 15.2 Å². The number of aliphatic imine (C=N–C) groups is 1. The highest BCUT2D eigenvalue weighted by molar-refractivity contribution is 7.80. The molecule has 0 spiro atoms. The van der Waals surface area contributed by atoms with Crippen molar-refractivity contribution in [1.29, 1.82) is 0 Å². The maximum atomic E-state index is 5.51. The molecule has 1 aliphatic rings. The number of guanidine groups is 1. The van der Waals surface area contributed by atoms with E-state index in [-0.39, 0.29) is 0 Å². The highest BCUT2D eigenvalue weighted by Gasteiger charge is 2.10. The van der Waals surface area contributed by atoms with Crippen molar-refractivity contribution in [3.63, 3.8) is 0 Å². The summed E-state index contributed by atoms with van der Waals surface area (Å²) >= 11 is 5.51. The Balaban J connectivity index is 1.63. The molecule has 8 nitrogen and oxygen atoms in total. The van der Waals surface area contributed by atoms with E-state index in [9.17, 15) is 0 Å². The van der Waals surface area contributed by atoms with Crippen molar-refractivity contribution in [1.82, 2.24) is 20.2 Å². The molecule has 0 saturated carbocycles. The Labute approximate surface area is 189 Å². The molecule has 0 radical (unpaired) electrons. The van der Waals surface area contributed by atoms with Crippen molar-refractivity contribution in [3.05, 3.63) is 47.3 Å². The number of thiocarbonyl (C=S) groups is 1. The van der Waals surface area contributed by atoms with Gasteiger partial charge in [-0.05, 0) is 57.1 Å². The smallest absolute Gasteiger partial charge is 0.229 e. The van der Waals surface area contributed by atoms with Crippen molar-refractivity contribution >= 4 is 34.9 Å². The van der Waals surface area contributed by atoms with E-state index < -0.39 is 0 Å². The molecule has 9 heteroatoms. The van der Waals surface area contributed by atoms with Crippen LogP contribution in [0.5, 0.6) is 0 Å². The van der Waals surface area contributed by atoms with Gasteiger partial charge in [0.05, 0.1) is 13.2 Å². The van der Waals surface area contributed by atoms with Crippen LogP contribution in [0.1, 0.15) is 23.4 Å². The minimum absolute atomic E-state index is 0.457. The molecule has 0 amide bonds. The molecular formula is C22H31N7OS. The van der Waals surface area contributed by atoms with E-state index in [0.29, 0.717) is 23.6 Å². The Hall–Kier alpha value is -2.62. The Morgan fingerprint density at radius 3 is 2.52 bits per heavy atom. The van der Waals surface area contributed by atoms with E-state index >= 15 is 0 Å². The fourth-order valence-electron chi connectivity index (χ4n) is 3.28. The van der Waals surface area contributed by atoms with Crippen LogP contribution in [-0.4, -0.2) is 65.3 Å². The van der Waals surface area contributed by atoms with Crippen LogP contribution < -0.4 is 16.0 Å². The number of anilines is 2. The number of nitrogens with zero attached hydrogens (tertiary/aromatic N) is 4. The van der Waals surface area contributed by atoms with Crippen molar-refractivity contribution < 1.29 is 4.74 Å². The number of ether oxygens (including phenoxy) is 1. The first kappa shape index (κ1) is 23.1. The first-order chi connectivity index (χ1) is 15.0. The molecule has 1 aliphatic heterocycles. The molecule has 3 N–H and O–H groups in total. The number of aromatic nitrogens is 2. The zero-order valence-corrected chi connectivity index (χ0v) is 19.3. The fraction of sp³-hybridized carbons (Fsp3) is 0.455. The lowest BCUT2D eigenvalue weighted by atomic mass is 10.2. The SMILES string of the molecule is Cc1cc(C)nc(NC(=NCCCN2CCOCC2)NC(=S)Nc2ccccc2C)n1. The van der Waals surface area contributed by atoms with E-state index in [2.05, 4.69) is 30.8 Å². The maximum absolute atomic E-state index is 5.51. The number of rotatable bonds is 6. The van der Waals surface area contributed by atoms with Crippen LogP contribution in [0.25, 0.3) is 0 Å². The van der Waals surface area contributed by atoms with Crippen LogP contribution in [0.4, 0.5) is 11.6 Å². The summed E-state index contributed by atoms with van der Waals surface area (Å²) in [4.78, 5) is 16.0. The summed E-state index contributed by atoms with van der Waals surface area (Å²) in [5, 5.41) is 10.0. The van der Waals surface area contributed by atoms with Crippen molar-refractivity contribution in [2.24, 2.45) is 4.99 Å². The normalized spacial score (nSPS) is 14.9. The number of nitrogens with one attached hydrogen (secondary N) is 3. The second kappa shape index (κ2) is 11.7. The van der Waals surface area contributed by atoms with Gasteiger partial charge in [0.25, 0.3) is 0 Å². The second-order valence-electron chi connectivity index (χ2n) is 7.53. The Bertz CT molecular complexity index is 892. The minimum Gasteiger partial charge on any atom is -0.379 e. The van der Waals surface area contributed by atoms with Crippen molar-refractivity contribution in [2.45, 2.75) is 27.2 Å². The van der Waals surface area contributed by atoms with Crippen LogP contribution >= 0.6 is 12.2 Å². The van der Waals surface area contributed by atoms with Crippen LogP contribution in [0.3, 0.4) is 0 Å². The summed E-state index contributed by atoms with van der Waals surface area (Å²) in [7, 11) is 0. The number of aryl methyl sites for hydroxylation is 3.